The number of rotatable bonds is 6. The van der Waals surface area contributed by atoms with E-state index in [2.05, 4.69) is 14.9 Å². The van der Waals surface area contributed by atoms with Crippen molar-refractivity contribution in [1.29, 1.82) is 5.26 Å². The molecule has 3 aromatic rings. The molecule has 132 valence electrons. The number of fused-ring (bicyclic) bond motifs is 1. The smallest absolute Gasteiger partial charge is 0.258 e. The number of hydrogen-bond acceptors (Lipinski definition) is 4. The molecule has 2 aromatic carbocycles. The Morgan fingerprint density at radius 1 is 1.27 bits per heavy atom. The van der Waals surface area contributed by atoms with Crippen molar-refractivity contribution in [2.24, 2.45) is 0 Å². The van der Waals surface area contributed by atoms with Crippen LogP contribution in [0.4, 0.5) is 0 Å². The molecule has 0 aliphatic heterocycles. The lowest BCUT2D eigenvalue weighted by Gasteiger charge is -2.16. The fourth-order valence-corrected chi connectivity index (χ4v) is 2.93. The first-order chi connectivity index (χ1) is 12.6. The maximum atomic E-state index is 12.3. The van der Waals surface area contributed by atoms with Crippen LogP contribution in [0.25, 0.3) is 11.0 Å². The Morgan fingerprint density at radius 2 is 2.00 bits per heavy atom. The van der Waals surface area contributed by atoms with Gasteiger partial charge in [0, 0.05) is 6.54 Å². The van der Waals surface area contributed by atoms with E-state index in [-0.39, 0.29) is 18.6 Å². The van der Waals surface area contributed by atoms with Gasteiger partial charge in [-0.15, -0.1) is 0 Å². The van der Waals surface area contributed by atoms with E-state index in [1.807, 2.05) is 44.2 Å². The van der Waals surface area contributed by atoms with Crippen molar-refractivity contribution in [3.8, 4) is 11.8 Å². The zero-order valence-corrected chi connectivity index (χ0v) is 14.8. The quantitative estimate of drug-likeness (QED) is 0.742. The molecule has 6 nitrogen and oxygen atoms in total. The molecular formula is C20H20N4O2. The van der Waals surface area contributed by atoms with Crippen LogP contribution in [0, 0.1) is 11.3 Å². The standard InChI is InChI=1S/C20H20N4O2/c1-3-24-17-10-6-5-9-16(17)23-20(24)14(2)22-19(25)13-26-18-11-7-4-8-15(18)12-21/h4-11,14H,3,13H2,1-2H3,(H,22,25). The van der Waals surface area contributed by atoms with Crippen molar-refractivity contribution >= 4 is 16.9 Å². The monoisotopic (exact) mass is 348 g/mol. The number of para-hydroxylation sites is 3. The number of nitrogens with one attached hydrogen (secondary N) is 1. The number of aryl methyl sites for hydroxylation is 1. The molecule has 1 unspecified atom stereocenters. The van der Waals surface area contributed by atoms with Gasteiger partial charge in [-0.2, -0.15) is 5.26 Å². The van der Waals surface area contributed by atoms with Gasteiger partial charge in [-0.1, -0.05) is 24.3 Å². The van der Waals surface area contributed by atoms with Gasteiger partial charge in [-0.3, -0.25) is 4.79 Å². The fraction of sp³-hybridized carbons (Fsp3) is 0.250. The van der Waals surface area contributed by atoms with Gasteiger partial charge in [0.2, 0.25) is 0 Å². The molecule has 0 radical (unpaired) electrons. The second kappa shape index (κ2) is 7.70. The van der Waals surface area contributed by atoms with E-state index >= 15 is 0 Å². The summed E-state index contributed by atoms with van der Waals surface area (Å²) in [5.74, 6) is 0.943. The minimum Gasteiger partial charge on any atom is -0.482 e. The van der Waals surface area contributed by atoms with Crippen LogP contribution >= 0.6 is 0 Å². The van der Waals surface area contributed by atoms with Crippen molar-refractivity contribution in [2.45, 2.75) is 26.4 Å². The lowest BCUT2D eigenvalue weighted by atomic mass is 10.2. The van der Waals surface area contributed by atoms with Crippen molar-refractivity contribution in [3.05, 3.63) is 59.9 Å². The first-order valence-corrected chi connectivity index (χ1v) is 8.50. The van der Waals surface area contributed by atoms with Crippen LogP contribution in [-0.4, -0.2) is 22.1 Å². The summed E-state index contributed by atoms with van der Waals surface area (Å²) in [6.45, 7) is 4.56. The molecule has 1 atom stereocenters. The summed E-state index contributed by atoms with van der Waals surface area (Å²) < 4.78 is 7.57. The number of aromatic nitrogens is 2. The third-order valence-corrected chi connectivity index (χ3v) is 4.13. The number of imidazole rings is 1. The normalized spacial score (nSPS) is 11.7. The second-order valence-corrected chi connectivity index (χ2v) is 5.89. The molecule has 0 saturated carbocycles. The highest BCUT2D eigenvalue weighted by Crippen LogP contribution is 2.21. The molecule has 6 heteroatoms. The van der Waals surface area contributed by atoms with Crippen molar-refractivity contribution < 1.29 is 9.53 Å². The average Bonchev–Trinajstić information content (AvgIpc) is 3.05. The molecule has 0 aliphatic rings. The van der Waals surface area contributed by atoms with E-state index in [1.165, 1.54) is 0 Å². The summed E-state index contributed by atoms with van der Waals surface area (Å²) in [6, 6.07) is 16.5. The minimum absolute atomic E-state index is 0.157. The second-order valence-electron chi connectivity index (χ2n) is 5.89. The summed E-state index contributed by atoms with van der Waals surface area (Å²) >= 11 is 0. The van der Waals surface area contributed by atoms with Crippen LogP contribution in [0.3, 0.4) is 0 Å². The van der Waals surface area contributed by atoms with Crippen molar-refractivity contribution in [2.75, 3.05) is 6.61 Å². The topological polar surface area (TPSA) is 79.9 Å². The van der Waals surface area contributed by atoms with Gasteiger partial charge in [0.1, 0.15) is 17.6 Å². The molecule has 3 rings (SSSR count). The van der Waals surface area contributed by atoms with Crippen molar-refractivity contribution in [1.82, 2.24) is 14.9 Å². The van der Waals surface area contributed by atoms with Crippen molar-refractivity contribution in [3.63, 3.8) is 0 Å². The molecule has 1 heterocycles. The Bertz CT molecular complexity index is 971. The van der Waals surface area contributed by atoms with E-state index < -0.39 is 0 Å². The molecule has 26 heavy (non-hydrogen) atoms. The van der Waals surface area contributed by atoms with Gasteiger partial charge in [0.05, 0.1) is 22.6 Å². The summed E-state index contributed by atoms with van der Waals surface area (Å²) in [4.78, 5) is 16.9. The van der Waals surface area contributed by atoms with Gasteiger partial charge >= 0.3 is 0 Å². The molecule has 0 bridgehead atoms. The predicted octanol–water partition coefficient (Wildman–Crippen LogP) is 3.18. The molecule has 1 amide bonds. The number of amides is 1. The van der Waals surface area contributed by atoms with Crippen LogP contribution in [0.5, 0.6) is 5.75 Å². The largest absolute Gasteiger partial charge is 0.482 e. The third kappa shape index (κ3) is 3.52. The average molecular weight is 348 g/mol. The van der Waals surface area contributed by atoms with Crippen LogP contribution in [0.2, 0.25) is 0 Å². The van der Waals surface area contributed by atoms with Crippen LogP contribution in [-0.2, 0) is 11.3 Å². The Hall–Kier alpha value is -3.33. The number of hydrogen-bond donors (Lipinski definition) is 1. The Kier molecular flexibility index (Phi) is 5.18. The van der Waals surface area contributed by atoms with Gasteiger partial charge in [-0.25, -0.2) is 4.98 Å². The summed E-state index contributed by atoms with van der Waals surface area (Å²) in [7, 11) is 0. The van der Waals surface area contributed by atoms with Crippen LogP contribution < -0.4 is 10.1 Å². The van der Waals surface area contributed by atoms with E-state index in [0.29, 0.717) is 11.3 Å². The van der Waals surface area contributed by atoms with Gasteiger partial charge < -0.3 is 14.6 Å². The number of nitriles is 1. The molecule has 0 saturated heterocycles. The van der Waals surface area contributed by atoms with Gasteiger partial charge in [-0.05, 0) is 38.1 Å². The Balaban J connectivity index is 1.69. The SMILES string of the molecule is CCn1c(C(C)NC(=O)COc2ccccc2C#N)nc2ccccc21. The number of nitrogens with zero attached hydrogens (tertiary/aromatic N) is 3. The zero-order valence-electron chi connectivity index (χ0n) is 14.8. The Labute approximate surface area is 152 Å². The van der Waals surface area contributed by atoms with Crippen LogP contribution in [0.1, 0.15) is 31.3 Å². The zero-order chi connectivity index (χ0) is 18.5. The van der Waals surface area contributed by atoms with Crippen LogP contribution in [0.15, 0.2) is 48.5 Å². The highest BCUT2D eigenvalue weighted by atomic mass is 16.5. The molecule has 0 fully saturated rings. The number of carbonyl (C=O) groups is 1. The highest BCUT2D eigenvalue weighted by molar-refractivity contribution is 5.79. The molecule has 0 aliphatic carbocycles. The third-order valence-electron chi connectivity index (χ3n) is 4.13. The maximum Gasteiger partial charge on any atom is 0.258 e. The first-order valence-electron chi connectivity index (χ1n) is 8.50. The number of ether oxygens (including phenoxy) is 1. The molecule has 0 spiro atoms. The van der Waals surface area contributed by atoms with E-state index in [9.17, 15) is 4.79 Å². The first kappa shape index (κ1) is 17.5. The molecular weight excluding hydrogens is 328 g/mol. The van der Waals surface area contributed by atoms with E-state index in [0.717, 1.165) is 23.4 Å². The number of benzene rings is 2. The van der Waals surface area contributed by atoms with Gasteiger partial charge in [0.15, 0.2) is 6.61 Å². The number of carbonyl (C=O) groups excluding carboxylic acids is 1. The predicted molar refractivity (Wildman–Crippen MR) is 98.6 cm³/mol. The lowest BCUT2D eigenvalue weighted by molar-refractivity contribution is -0.123. The highest BCUT2D eigenvalue weighted by Gasteiger charge is 2.18. The Morgan fingerprint density at radius 3 is 2.77 bits per heavy atom. The van der Waals surface area contributed by atoms with E-state index in [4.69, 9.17) is 10.00 Å². The van der Waals surface area contributed by atoms with E-state index in [1.54, 1.807) is 24.3 Å². The summed E-state index contributed by atoms with van der Waals surface area (Å²) in [6.07, 6.45) is 0. The molecule has 1 aromatic heterocycles. The van der Waals surface area contributed by atoms with Gasteiger partial charge in [0.25, 0.3) is 5.91 Å². The molecule has 1 N–H and O–H groups in total. The maximum absolute atomic E-state index is 12.3. The summed E-state index contributed by atoms with van der Waals surface area (Å²) in [5.41, 5.74) is 2.36. The summed E-state index contributed by atoms with van der Waals surface area (Å²) in [5, 5.41) is 12.0. The fourth-order valence-electron chi connectivity index (χ4n) is 2.93. The lowest BCUT2D eigenvalue weighted by Crippen LogP contribution is -2.32. The minimum atomic E-state index is -0.264.